The molecule has 2 fully saturated rings. The molecule has 0 aromatic heterocycles. The van der Waals surface area contributed by atoms with Crippen molar-refractivity contribution in [2.24, 2.45) is 5.92 Å². The standard InChI is InChI=1S/C24H29N3O2S/c28-23(14-21-13-22(25-15-21)24(29)26-11-12-30-18-26)27(16-19-7-3-1-4-8-19)17-20-9-5-2-6-10-20/h1-10,21-22,25H,11-18H2. The van der Waals surface area contributed by atoms with Crippen LogP contribution in [0.15, 0.2) is 60.7 Å². The topological polar surface area (TPSA) is 52.7 Å². The van der Waals surface area contributed by atoms with Crippen molar-refractivity contribution >= 4 is 23.6 Å². The van der Waals surface area contributed by atoms with Gasteiger partial charge in [0.1, 0.15) is 0 Å². The third kappa shape index (κ3) is 5.43. The third-order valence-electron chi connectivity index (χ3n) is 5.83. The van der Waals surface area contributed by atoms with Crippen LogP contribution in [0.1, 0.15) is 24.0 Å². The van der Waals surface area contributed by atoms with Gasteiger partial charge in [-0.1, -0.05) is 60.7 Å². The van der Waals surface area contributed by atoms with Crippen molar-refractivity contribution in [2.45, 2.75) is 32.0 Å². The van der Waals surface area contributed by atoms with E-state index in [0.717, 1.165) is 42.3 Å². The number of carbonyl (C=O) groups excluding carboxylic acids is 2. The van der Waals surface area contributed by atoms with Gasteiger partial charge in [-0.05, 0) is 30.0 Å². The van der Waals surface area contributed by atoms with Gasteiger partial charge in [0.15, 0.2) is 0 Å². The van der Waals surface area contributed by atoms with Gasteiger partial charge in [0.2, 0.25) is 11.8 Å². The summed E-state index contributed by atoms with van der Waals surface area (Å²) in [7, 11) is 0. The van der Waals surface area contributed by atoms with E-state index in [-0.39, 0.29) is 23.8 Å². The highest BCUT2D eigenvalue weighted by molar-refractivity contribution is 7.99. The van der Waals surface area contributed by atoms with E-state index in [4.69, 9.17) is 0 Å². The average Bonchev–Trinajstić information content (AvgIpc) is 3.47. The minimum Gasteiger partial charge on any atom is -0.334 e. The lowest BCUT2D eigenvalue weighted by molar-refractivity contribution is -0.134. The van der Waals surface area contributed by atoms with Crippen molar-refractivity contribution in [3.63, 3.8) is 0 Å². The summed E-state index contributed by atoms with van der Waals surface area (Å²) >= 11 is 1.80. The van der Waals surface area contributed by atoms with E-state index in [9.17, 15) is 9.59 Å². The van der Waals surface area contributed by atoms with E-state index in [1.807, 2.05) is 46.2 Å². The molecule has 2 heterocycles. The first kappa shape index (κ1) is 20.9. The molecule has 2 unspecified atom stereocenters. The fourth-order valence-corrected chi connectivity index (χ4v) is 5.13. The molecule has 158 valence electrons. The van der Waals surface area contributed by atoms with Gasteiger partial charge in [-0.25, -0.2) is 0 Å². The summed E-state index contributed by atoms with van der Waals surface area (Å²) in [5.41, 5.74) is 2.26. The number of nitrogens with zero attached hydrogens (tertiary/aromatic N) is 2. The Morgan fingerprint density at radius 1 is 1.00 bits per heavy atom. The molecule has 2 saturated heterocycles. The first-order valence-electron chi connectivity index (χ1n) is 10.6. The maximum atomic E-state index is 13.2. The van der Waals surface area contributed by atoms with Gasteiger partial charge >= 0.3 is 0 Å². The van der Waals surface area contributed by atoms with E-state index >= 15 is 0 Å². The molecule has 0 bridgehead atoms. The smallest absolute Gasteiger partial charge is 0.240 e. The molecule has 0 aliphatic carbocycles. The molecule has 5 nitrogen and oxygen atoms in total. The normalized spacial score (nSPS) is 21.0. The average molecular weight is 424 g/mol. The number of hydrogen-bond donors (Lipinski definition) is 1. The summed E-state index contributed by atoms with van der Waals surface area (Å²) in [6, 6.07) is 20.1. The molecule has 0 radical (unpaired) electrons. The lowest BCUT2D eigenvalue weighted by Crippen LogP contribution is -2.42. The van der Waals surface area contributed by atoms with Crippen LogP contribution in [-0.4, -0.2) is 52.4 Å². The Hall–Kier alpha value is -2.31. The van der Waals surface area contributed by atoms with E-state index in [0.29, 0.717) is 19.5 Å². The van der Waals surface area contributed by atoms with Crippen LogP contribution in [0.4, 0.5) is 0 Å². The van der Waals surface area contributed by atoms with Crippen LogP contribution in [0.5, 0.6) is 0 Å². The van der Waals surface area contributed by atoms with Crippen molar-refractivity contribution < 1.29 is 9.59 Å². The van der Waals surface area contributed by atoms with Crippen LogP contribution >= 0.6 is 11.8 Å². The summed E-state index contributed by atoms with van der Waals surface area (Å²) < 4.78 is 0. The highest BCUT2D eigenvalue weighted by Gasteiger charge is 2.34. The predicted octanol–water partition coefficient (Wildman–Crippen LogP) is 3.12. The predicted molar refractivity (Wildman–Crippen MR) is 121 cm³/mol. The quantitative estimate of drug-likeness (QED) is 0.744. The van der Waals surface area contributed by atoms with Gasteiger partial charge in [0.05, 0.1) is 11.9 Å². The molecule has 4 rings (SSSR count). The Morgan fingerprint density at radius 3 is 2.20 bits per heavy atom. The van der Waals surface area contributed by atoms with Crippen molar-refractivity contribution in [3.05, 3.63) is 71.8 Å². The number of benzene rings is 2. The summed E-state index contributed by atoms with van der Waals surface area (Å²) in [6.07, 6.45) is 1.22. The largest absolute Gasteiger partial charge is 0.334 e. The summed E-state index contributed by atoms with van der Waals surface area (Å²) in [5.74, 6) is 2.37. The number of hydrogen-bond acceptors (Lipinski definition) is 4. The molecule has 0 spiro atoms. The monoisotopic (exact) mass is 423 g/mol. The zero-order chi connectivity index (χ0) is 20.8. The van der Waals surface area contributed by atoms with Crippen molar-refractivity contribution in [2.75, 3.05) is 24.7 Å². The van der Waals surface area contributed by atoms with Gasteiger partial charge in [-0.3, -0.25) is 9.59 Å². The first-order valence-corrected chi connectivity index (χ1v) is 11.8. The number of carbonyl (C=O) groups is 2. The lowest BCUT2D eigenvalue weighted by Gasteiger charge is -2.24. The Kier molecular flexibility index (Phi) is 7.07. The molecule has 30 heavy (non-hydrogen) atoms. The van der Waals surface area contributed by atoms with Crippen LogP contribution in [0, 0.1) is 5.92 Å². The molecular weight excluding hydrogens is 394 g/mol. The lowest BCUT2D eigenvalue weighted by atomic mass is 10.00. The highest BCUT2D eigenvalue weighted by atomic mass is 32.2. The van der Waals surface area contributed by atoms with Crippen molar-refractivity contribution in [3.8, 4) is 0 Å². The summed E-state index contributed by atoms with van der Waals surface area (Å²) in [4.78, 5) is 29.8. The Morgan fingerprint density at radius 2 is 1.63 bits per heavy atom. The minimum absolute atomic E-state index is 0.141. The molecule has 2 aromatic rings. The third-order valence-corrected chi connectivity index (χ3v) is 6.80. The maximum Gasteiger partial charge on any atom is 0.240 e. The summed E-state index contributed by atoms with van der Waals surface area (Å²) in [6.45, 7) is 2.77. The molecule has 2 aliphatic rings. The van der Waals surface area contributed by atoms with Crippen LogP contribution in [-0.2, 0) is 22.7 Å². The molecule has 1 N–H and O–H groups in total. The highest BCUT2D eigenvalue weighted by Crippen LogP contribution is 2.23. The number of nitrogens with one attached hydrogen (secondary N) is 1. The molecule has 2 atom stereocenters. The number of thioether (sulfide) groups is 1. The van der Waals surface area contributed by atoms with E-state index in [2.05, 4.69) is 29.6 Å². The van der Waals surface area contributed by atoms with E-state index in [1.165, 1.54) is 0 Å². The fourth-order valence-electron chi connectivity index (χ4n) is 4.18. The van der Waals surface area contributed by atoms with Gasteiger partial charge < -0.3 is 15.1 Å². The molecule has 2 amide bonds. The van der Waals surface area contributed by atoms with Crippen LogP contribution in [0.3, 0.4) is 0 Å². The van der Waals surface area contributed by atoms with Crippen molar-refractivity contribution in [1.82, 2.24) is 15.1 Å². The zero-order valence-electron chi connectivity index (χ0n) is 17.2. The Bertz CT molecular complexity index is 799. The van der Waals surface area contributed by atoms with Crippen molar-refractivity contribution in [1.29, 1.82) is 0 Å². The SMILES string of the molecule is O=C(CC1CNC(C(=O)N2CCSC2)C1)N(Cc1ccccc1)Cc1ccccc1. The van der Waals surface area contributed by atoms with Crippen LogP contribution in [0.25, 0.3) is 0 Å². The minimum atomic E-state index is -0.141. The second kappa shape index (κ2) is 10.1. The van der Waals surface area contributed by atoms with Gasteiger partial charge in [0.25, 0.3) is 0 Å². The fraction of sp³-hybridized carbons (Fsp3) is 0.417. The molecule has 2 aliphatic heterocycles. The zero-order valence-corrected chi connectivity index (χ0v) is 18.0. The van der Waals surface area contributed by atoms with Gasteiger partial charge in [-0.2, -0.15) is 0 Å². The number of amides is 2. The molecule has 6 heteroatoms. The summed E-state index contributed by atoms with van der Waals surface area (Å²) in [5, 5.41) is 3.36. The Labute approximate surface area is 182 Å². The number of rotatable bonds is 7. The van der Waals surface area contributed by atoms with Crippen LogP contribution in [0.2, 0.25) is 0 Å². The molecule has 0 saturated carbocycles. The van der Waals surface area contributed by atoms with Crippen LogP contribution < -0.4 is 5.32 Å². The molecular formula is C24H29N3O2S. The Balaban J connectivity index is 1.38. The molecule has 2 aromatic carbocycles. The van der Waals surface area contributed by atoms with E-state index in [1.54, 1.807) is 11.8 Å². The second-order valence-electron chi connectivity index (χ2n) is 8.13. The van der Waals surface area contributed by atoms with Gasteiger partial charge in [-0.15, -0.1) is 11.8 Å². The van der Waals surface area contributed by atoms with Gasteiger partial charge in [0, 0.05) is 31.8 Å². The van der Waals surface area contributed by atoms with E-state index < -0.39 is 0 Å². The maximum absolute atomic E-state index is 13.2. The first-order chi connectivity index (χ1) is 14.7. The second-order valence-corrected chi connectivity index (χ2v) is 9.20.